The summed E-state index contributed by atoms with van der Waals surface area (Å²) in [5.74, 6) is 2.20. The molecule has 0 amide bonds. The van der Waals surface area contributed by atoms with E-state index in [0.29, 0.717) is 5.88 Å². The highest BCUT2D eigenvalue weighted by molar-refractivity contribution is 5.49. The van der Waals surface area contributed by atoms with Gasteiger partial charge in [0.2, 0.25) is 5.88 Å². The molecule has 2 aromatic rings. The molecule has 4 heteroatoms. The van der Waals surface area contributed by atoms with Crippen LogP contribution in [0.25, 0.3) is 0 Å². The molecule has 0 aliphatic carbocycles. The quantitative estimate of drug-likeness (QED) is 0.919. The maximum Gasteiger partial charge on any atom is 0.227 e. The third-order valence-corrected chi connectivity index (χ3v) is 3.18. The lowest BCUT2D eigenvalue weighted by atomic mass is 9.86. The first kappa shape index (κ1) is 14.3. The van der Waals surface area contributed by atoms with Crippen molar-refractivity contribution >= 4 is 5.82 Å². The maximum absolute atomic E-state index is 6.02. The van der Waals surface area contributed by atoms with Gasteiger partial charge in [0.05, 0.1) is 5.56 Å². The maximum atomic E-state index is 6.02. The van der Waals surface area contributed by atoms with E-state index in [0.717, 1.165) is 22.7 Å². The topological polar surface area (TPSA) is 47.0 Å². The molecule has 0 spiro atoms. The van der Waals surface area contributed by atoms with Gasteiger partial charge < -0.3 is 10.1 Å². The van der Waals surface area contributed by atoms with Crippen LogP contribution in [0, 0.1) is 6.92 Å². The fourth-order valence-corrected chi connectivity index (χ4v) is 2.07. The highest BCUT2D eigenvalue weighted by Gasteiger charge is 2.19. The second kappa shape index (κ2) is 5.49. The largest absolute Gasteiger partial charge is 0.438 e. The van der Waals surface area contributed by atoms with Crippen molar-refractivity contribution < 1.29 is 4.74 Å². The lowest BCUT2D eigenvalue weighted by Crippen LogP contribution is -2.12. The number of para-hydroxylation sites is 1. The standard InChI is InChI=1S/C16H21N3O/c1-11-14(17-5)18-10-19-15(11)20-13-9-7-6-8-12(13)16(2,3)4/h6-10H,1-5H3,(H,17,18,19). The number of hydrogen-bond donors (Lipinski definition) is 1. The highest BCUT2D eigenvalue weighted by Crippen LogP contribution is 2.34. The summed E-state index contributed by atoms with van der Waals surface area (Å²) in [6.07, 6.45) is 1.51. The first-order chi connectivity index (χ1) is 9.43. The summed E-state index contributed by atoms with van der Waals surface area (Å²) >= 11 is 0. The Balaban J connectivity index is 2.41. The summed E-state index contributed by atoms with van der Waals surface area (Å²) in [5.41, 5.74) is 2.08. The summed E-state index contributed by atoms with van der Waals surface area (Å²) in [5, 5.41) is 3.04. The normalized spacial score (nSPS) is 11.2. The Morgan fingerprint density at radius 1 is 1.10 bits per heavy atom. The van der Waals surface area contributed by atoms with Crippen molar-refractivity contribution in [1.82, 2.24) is 9.97 Å². The van der Waals surface area contributed by atoms with Crippen molar-refractivity contribution in [3.05, 3.63) is 41.7 Å². The van der Waals surface area contributed by atoms with E-state index < -0.39 is 0 Å². The number of anilines is 1. The Hall–Kier alpha value is -2.10. The molecule has 0 radical (unpaired) electrons. The van der Waals surface area contributed by atoms with E-state index >= 15 is 0 Å². The zero-order chi connectivity index (χ0) is 14.8. The van der Waals surface area contributed by atoms with E-state index in [4.69, 9.17) is 4.74 Å². The van der Waals surface area contributed by atoms with Crippen molar-refractivity contribution in [2.24, 2.45) is 0 Å². The van der Waals surface area contributed by atoms with Crippen LogP contribution in [0.4, 0.5) is 5.82 Å². The van der Waals surface area contributed by atoms with Gasteiger partial charge in [-0.25, -0.2) is 9.97 Å². The van der Waals surface area contributed by atoms with Gasteiger partial charge >= 0.3 is 0 Å². The summed E-state index contributed by atoms with van der Waals surface area (Å²) in [7, 11) is 1.84. The fourth-order valence-electron chi connectivity index (χ4n) is 2.07. The molecular weight excluding hydrogens is 250 g/mol. The number of aromatic nitrogens is 2. The van der Waals surface area contributed by atoms with Crippen LogP contribution < -0.4 is 10.1 Å². The summed E-state index contributed by atoms with van der Waals surface area (Å²) < 4.78 is 6.02. The van der Waals surface area contributed by atoms with Crippen molar-refractivity contribution in [3.8, 4) is 11.6 Å². The van der Waals surface area contributed by atoms with Crippen molar-refractivity contribution in [3.63, 3.8) is 0 Å². The molecule has 0 fully saturated rings. The third kappa shape index (κ3) is 2.90. The first-order valence-corrected chi connectivity index (χ1v) is 6.70. The van der Waals surface area contributed by atoms with Crippen LogP contribution in [0.15, 0.2) is 30.6 Å². The Labute approximate surface area is 120 Å². The van der Waals surface area contributed by atoms with Gasteiger partial charge in [0.1, 0.15) is 17.9 Å². The van der Waals surface area contributed by atoms with Gasteiger partial charge in [-0.15, -0.1) is 0 Å². The second-order valence-electron chi connectivity index (χ2n) is 5.75. The lowest BCUT2D eigenvalue weighted by Gasteiger charge is -2.22. The molecule has 0 aliphatic heterocycles. The van der Waals surface area contributed by atoms with Gasteiger partial charge in [-0.2, -0.15) is 0 Å². The Morgan fingerprint density at radius 3 is 2.45 bits per heavy atom. The zero-order valence-corrected chi connectivity index (χ0v) is 12.7. The molecule has 0 saturated heterocycles. The van der Waals surface area contributed by atoms with Gasteiger partial charge in [-0.05, 0) is 18.4 Å². The molecule has 20 heavy (non-hydrogen) atoms. The molecule has 0 bridgehead atoms. The highest BCUT2D eigenvalue weighted by atomic mass is 16.5. The van der Waals surface area contributed by atoms with Crippen LogP contribution in [0.2, 0.25) is 0 Å². The van der Waals surface area contributed by atoms with Gasteiger partial charge in [0, 0.05) is 12.6 Å². The van der Waals surface area contributed by atoms with Crippen molar-refractivity contribution in [2.75, 3.05) is 12.4 Å². The van der Waals surface area contributed by atoms with Crippen LogP contribution in [-0.4, -0.2) is 17.0 Å². The minimum Gasteiger partial charge on any atom is -0.438 e. The van der Waals surface area contributed by atoms with Crippen LogP contribution in [0.5, 0.6) is 11.6 Å². The zero-order valence-electron chi connectivity index (χ0n) is 12.7. The molecule has 0 aliphatic rings. The van der Waals surface area contributed by atoms with E-state index in [1.807, 2.05) is 32.2 Å². The van der Waals surface area contributed by atoms with Crippen LogP contribution >= 0.6 is 0 Å². The second-order valence-corrected chi connectivity index (χ2v) is 5.75. The van der Waals surface area contributed by atoms with Crippen LogP contribution in [0.1, 0.15) is 31.9 Å². The third-order valence-electron chi connectivity index (χ3n) is 3.18. The van der Waals surface area contributed by atoms with Crippen LogP contribution in [0.3, 0.4) is 0 Å². The molecule has 1 heterocycles. The van der Waals surface area contributed by atoms with Crippen molar-refractivity contribution in [2.45, 2.75) is 33.1 Å². The average Bonchev–Trinajstić information content (AvgIpc) is 2.40. The number of nitrogens with one attached hydrogen (secondary N) is 1. The molecule has 2 rings (SSSR count). The van der Waals surface area contributed by atoms with E-state index in [2.05, 4.69) is 42.1 Å². The molecule has 1 aromatic heterocycles. The molecular formula is C16H21N3O. The molecule has 0 saturated carbocycles. The predicted molar refractivity (Wildman–Crippen MR) is 81.5 cm³/mol. The fraction of sp³-hybridized carbons (Fsp3) is 0.375. The molecule has 0 atom stereocenters. The Kier molecular flexibility index (Phi) is 3.93. The molecule has 1 aromatic carbocycles. The molecule has 4 nitrogen and oxygen atoms in total. The van der Waals surface area contributed by atoms with Crippen molar-refractivity contribution in [1.29, 1.82) is 0 Å². The lowest BCUT2D eigenvalue weighted by molar-refractivity contribution is 0.436. The number of benzene rings is 1. The van der Waals surface area contributed by atoms with Gasteiger partial charge in [0.15, 0.2) is 0 Å². The average molecular weight is 271 g/mol. The number of nitrogens with zero attached hydrogens (tertiary/aromatic N) is 2. The molecule has 106 valence electrons. The van der Waals surface area contributed by atoms with E-state index in [-0.39, 0.29) is 5.41 Å². The van der Waals surface area contributed by atoms with E-state index in [1.165, 1.54) is 6.33 Å². The molecule has 1 N–H and O–H groups in total. The summed E-state index contributed by atoms with van der Waals surface area (Å²) in [6, 6.07) is 8.06. The number of rotatable bonds is 3. The summed E-state index contributed by atoms with van der Waals surface area (Å²) in [6.45, 7) is 8.45. The smallest absolute Gasteiger partial charge is 0.227 e. The Morgan fingerprint density at radius 2 is 1.80 bits per heavy atom. The SMILES string of the molecule is CNc1ncnc(Oc2ccccc2C(C)(C)C)c1C. The first-order valence-electron chi connectivity index (χ1n) is 6.70. The molecule has 0 unspecified atom stereocenters. The Bertz CT molecular complexity index is 603. The van der Waals surface area contributed by atoms with Gasteiger partial charge in [-0.1, -0.05) is 39.0 Å². The van der Waals surface area contributed by atoms with Gasteiger partial charge in [0.25, 0.3) is 0 Å². The number of ether oxygens (including phenoxy) is 1. The van der Waals surface area contributed by atoms with E-state index in [1.54, 1.807) is 0 Å². The van der Waals surface area contributed by atoms with Crippen LogP contribution in [-0.2, 0) is 5.41 Å². The minimum absolute atomic E-state index is 0.0172. The predicted octanol–water partition coefficient (Wildman–Crippen LogP) is 3.92. The minimum atomic E-state index is 0.0172. The summed E-state index contributed by atoms with van der Waals surface area (Å²) in [4.78, 5) is 8.40. The number of hydrogen-bond acceptors (Lipinski definition) is 4. The van der Waals surface area contributed by atoms with Gasteiger partial charge in [-0.3, -0.25) is 0 Å². The monoisotopic (exact) mass is 271 g/mol. The van der Waals surface area contributed by atoms with E-state index in [9.17, 15) is 0 Å².